The van der Waals surface area contributed by atoms with E-state index in [1.807, 2.05) is 7.05 Å². The van der Waals surface area contributed by atoms with Crippen LogP contribution in [0.15, 0.2) is 10.5 Å². The molecule has 1 aromatic rings. The van der Waals surface area contributed by atoms with Gasteiger partial charge in [0.05, 0.1) is 13.1 Å². The molecule has 0 aromatic carbocycles. The molecule has 3 heteroatoms. The molecule has 1 rings (SSSR count). The Morgan fingerprint density at radius 1 is 1.41 bits per heavy atom. The minimum Gasteiger partial charge on any atom is -0.463 e. The molecule has 0 bridgehead atoms. The first-order valence-electron chi connectivity index (χ1n) is 6.59. The van der Waals surface area contributed by atoms with Gasteiger partial charge in [0.25, 0.3) is 0 Å². The smallest absolute Gasteiger partial charge is 0.120 e. The average Bonchev–Trinajstić information content (AvgIpc) is 2.66. The van der Waals surface area contributed by atoms with Crippen LogP contribution in [0.1, 0.15) is 44.3 Å². The van der Waals surface area contributed by atoms with Gasteiger partial charge in [-0.05, 0) is 45.5 Å². The van der Waals surface area contributed by atoms with Gasteiger partial charge in [-0.15, -0.1) is 0 Å². The number of hydrogen-bond donors (Lipinski definition) is 1. The lowest BCUT2D eigenvalue weighted by Gasteiger charge is -2.25. The summed E-state index contributed by atoms with van der Waals surface area (Å²) in [6, 6.07) is 2.77. The predicted molar refractivity (Wildman–Crippen MR) is 72.0 cm³/mol. The Hall–Kier alpha value is -0.800. The quantitative estimate of drug-likeness (QED) is 0.791. The molecule has 1 heterocycles. The van der Waals surface area contributed by atoms with Crippen molar-refractivity contribution in [3.8, 4) is 0 Å². The topological polar surface area (TPSA) is 28.4 Å². The van der Waals surface area contributed by atoms with Crippen LogP contribution in [0.4, 0.5) is 0 Å². The Morgan fingerprint density at radius 3 is 2.65 bits per heavy atom. The van der Waals surface area contributed by atoms with Crippen LogP contribution in [0.25, 0.3) is 0 Å². The molecule has 1 N–H and O–H groups in total. The Balaban J connectivity index is 2.69. The first-order valence-corrected chi connectivity index (χ1v) is 6.59. The molecule has 3 nitrogen and oxygen atoms in total. The lowest BCUT2D eigenvalue weighted by molar-refractivity contribution is 0.189. The third-order valence-corrected chi connectivity index (χ3v) is 3.39. The summed E-state index contributed by atoms with van der Waals surface area (Å²) in [6.45, 7) is 11.6. The first kappa shape index (κ1) is 14.3. The van der Waals surface area contributed by atoms with E-state index in [1.54, 1.807) is 0 Å². The fourth-order valence-corrected chi connectivity index (χ4v) is 2.04. The fourth-order valence-electron chi connectivity index (χ4n) is 2.04. The van der Waals surface area contributed by atoms with E-state index in [1.165, 1.54) is 12.0 Å². The first-order chi connectivity index (χ1) is 8.12. The van der Waals surface area contributed by atoms with Crippen LogP contribution in [-0.2, 0) is 13.1 Å². The number of hydrogen-bond acceptors (Lipinski definition) is 3. The molecule has 0 aliphatic rings. The van der Waals surface area contributed by atoms with Crippen molar-refractivity contribution in [3.63, 3.8) is 0 Å². The van der Waals surface area contributed by atoms with Gasteiger partial charge >= 0.3 is 0 Å². The molecule has 0 radical (unpaired) electrons. The van der Waals surface area contributed by atoms with E-state index in [-0.39, 0.29) is 0 Å². The molecule has 17 heavy (non-hydrogen) atoms. The summed E-state index contributed by atoms with van der Waals surface area (Å²) in [4.78, 5) is 2.45. The van der Waals surface area contributed by atoms with Crippen molar-refractivity contribution in [2.45, 2.75) is 53.2 Å². The van der Waals surface area contributed by atoms with Crippen molar-refractivity contribution >= 4 is 0 Å². The maximum atomic E-state index is 5.88. The number of nitrogens with one attached hydrogen (secondary N) is 1. The van der Waals surface area contributed by atoms with E-state index in [0.29, 0.717) is 6.04 Å². The van der Waals surface area contributed by atoms with E-state index < -0.39 is 0 Å². The highest BCUT2D eigenvalue weighted by Crippen LogP contribution is 2.17. The van der Waals surface area contributed by atoms with Gasteiger partial charge < -0.3 is 9.73 Å². The molecule has 1 aromatic heterocycles. The van der Waals surface area contributed by atoms with Crippen molar-refractivity contribution in [3.05, 3.63) is 23.2 Å². The molecular formula is C14H26N2O. The molecule has 98 valence electrons. The van der Waals surface area contributed by atoms with E-state index >= 15 is 0 Å². The van der Waals surface area contributed by atoms with Crippen LogP contribution in [0.2, 0.25) is 0 Å². The maximum Gasteiger partial charge on any atom is 0.120 e. The zero-order valence-electron chi connectivity index (χ0n) is 11.8. The summed E-state index contributed by atoms with van der Waals surface area (Å²) >= 11 is 0. The summed E-state index contributed by atoms with van der Waals surface area (Å²) in [5, 5.41) is 3.13. The molecule has 1 atom stereocenters. The highest BCUT2D eigenvalue weighted by atomic mass is 16.3. The van der Waals surface area contributed by atoms with Crippen molar-refractivity contribution in [1.29, 1.82) is 0 Å². The van der Waals surface area contributed by atoms with Gasteiger partial charge in [0.2, 0.25) is 0 Å². The maximum absolute atomic E-state index is 5.88. The van der Waals surface area contributed by atoms with Gasteiger partial charge in [-0.25, -0.2) is 0 Å². The van der Waals surface area contributed by atoms with Gasteiger partial charge in [0.15, 0.2) is 0 Å². The molecule has 0 aliphatic heterocycles. The van der Waals surface area contributed by atoms with Gasteiger partial charge in [-0.1, -0.05) is 13.8 Å². The predicted octanol–water partition coefficient (Wildman–Crippen LogP) is 2.93. The van der Waals surface area contributed by atoms with Crippen LogP contribution in [-0.4, -0.2) is 24.5 Å². The zero-order valence-corrected chi connectivity index (χ0v) is 11.8. The van der Waals surface area contributed by atoms with E-state index in [0.717, 1.165) is 31.2 Å². The summed E-state index contributed by atoms with van der Waals surface area (Å²) in [5.74, 6) is 2.14. The van der Waals surface area contributed by atoms with Gasteiger partial charge in [0, 0.05) is 6.04 Å². The van der Waals surface area contributed by atoms with Crippen molar-refractivity contribution in [1.82, 2.24) is 10.2 Å². The van der Waals surface area contributed by atoms with Crippen LogP contribution in [0, 0.1) is 6.92 Å². The highest BCUT2D eigenvalue weighted by Gasteiger charge is 2.14. The minimum absolute atomic E-state index is 0.609. The SMILES string of the molecule is CCC(C)N(CC)Cc1cc(C)c(CNC)o1. The zero-order chi connectivity index (χ0) is 12.8. The fraction of sp³-hybridized carbons (Fsp3) is 0.714. The van der Waals surface area contributed by atoms with Gasteiger partial charge in [0.1, 0.15) is 11.5 Å². The third kappa shape index (κ3) is 3.86. The highest BCUT2D eigenvalue weighted by molar-refractivity contribution is 5.20. The molecule has 0 spiro atoms. The van der Waals surface area contributed by atoms with Gasteiger partial charge in [-0.2, -0.15) is 0 Å². The summed E-state index contributed by atoms with van der Waals surface area (Å²) in [5.41, 5.74) is 1.24. The second-order valence-electron chi connectivity index (χ2n) is 4.67. The average molecular weight is 238 g/mol. The van der Waals surface area contributed by atoms with Crippen LogP contribution >= 0.6 is 0 Å². The Bertz CT molecular complexity index is 333. The summed E-state index contributed by atoms with van der Waals surface area (Å²) < 4.78 is 5.88. The second-order valence-corrected chi connectivity index (χ2v) is 4.67. The summed E-state index contributed by atoms with van der Waals surface area (Å²) in [6.07, 6.45) is 1.18. The minimum atomic E-state index is 0.609. The molecule has 0 saturated heterocycles. The number of aryl methyl sites for hydroxylation is 1. The van der Waals surface area contributed by atoms with E-state index in [9.17, 15) is 0 Å². The van der Waals surface area contributed by atoms with Crippen molar-refractivity contribution in [2.75, 3.05) is 13.6 Å². The third-order valence-electron chi connectivity index (χ3n) is 3.39. The molecule has 0 amide bonds. The van der Waals surface area contributed by atoms with Gasteiger partial charge in [-0.3, -0.25) is 4.90 Å². The molecule has 0 aliphatic carbocycles. The van der Waals surface area contributed by atoms with Crippen molar-refractivity contribution in [2.24, 2.45) is 0 Å². The number of nitrogens with zero attached hydrogens (tertiary/aromatic N) is 1. The standard InChI is InChI=1S/C14H26N2O/c1-6-12(4)16(7-2)10-13-8-11(3)14(17-13)9-15-5/h8,12,15H,6-7,9-10H2,1-5H3. The Kier molecular flexibility index (Phi) is 5.72. The van der Waals surface area contributed by atoms with E-state index in [4.69, 9.17) is 4.42 Å². The number of furan rings is 1. The van der Waals surface area contributed by atoms with Crippen LogP contribution in [0.3, 0.4) is 0 Å². The Labute approximate surface area is 105 Å². The molecule has 0 saturated carbocycles. The van der Waals surface area contributed by atoms with E-state index in [2.05, 4.69) is 44.0 Å². The lowest BCUT2D eigenvalue weighted by atomic mass is 10.2. The molecule has 1 unspecified atom stereocenters. The number of rotatable bonds is 7. The van der Waals surface area contributed by atoms with Crippen LogP contribution in [0.5, 0.6) is 0 Å². The second kappa shape index (κ2) is 6.82. The van der Waals surface area contributed by atoms with Crippen molar-refractivity contribution < 1.29 is 4.42 Å². The van der Waals surface area contributed by atoms with Crippen LogP contribution < -0.4 is 5.32 Å². The summed E-state index contributed by atoms with van der Waals surface area (Å²) in [7, 11) is 1.94. The lowest BCUT2D eigenvalue weighted by Crippen LogP contribution is -2.31. The Morgan fingerprint density at radius 2 is 2.12 bits per heavy atom. The molecule has 0 fully saturated rings. The monoisotopic (exact) mass is 238 g/mol. The normalized spacial score (nSPS) is 13.3. The largest absolute Gasteiger partial charge is 0.463 e. The molecular weight excluding hydrogens is 212 g/mol.